The highest BCUT2D eigenvalue weighted by atomic mass is 19.4. The third kappa shape index (κ3) is 4.04. The van der Waals surface area contributed by atoms with E-state index in [1.54, 1.807) is 20.8 Å². The molecule has 0 spiro atoms. The Kier molecular flexibility index (Phi) is 4.15. The largest absolute Gasteiger partial charge is 0.444 e. The summed E-state index contributed by atoms with van der Waals surface area (Å²) >= 11 is 0. The smallest absolute Gasteiger partial charge is 0.414 e. The van der Waals surface area contributed by atoms with Gasteiger partial charge < -0.3 is 14.7 Å². The molecule has 0 radical (unpaired) electrons. The molecule has 4 nitrogen and oxygen atoms in total. The van der Waals surface area contributed by atoms with Crippen molar-refractivity contribution in [2.24, 2.45) is 5.92 Å². The lowest BCUT2D eigenvalue weighted by molar-refractivity contribution is -0.217. The lowest BCUT2D eigenvalue weighted by Crippen LogP contribution is -2.39. The molecule has 0 saturated carbocycles. The molecule has 2 atom stereocenters. The third-order valence-corrected chi connectivity index (χ3v) is 2.66. The summed E-state index contributed by atoms with van der Waals surface area (Å²) in [6, 6.07) is 0. The number of nitrogens with zero attached hydrogens (tertiary/aromatic N) is 1. The van der Waals surface area contributed by atoms with E-state index in [0.717, 1.165) is 0 Å². The van der Waals surface area contributed by atoms with Crippen LogP contribution in [0.2, 0.25) is 0 Å². The van der Waals surface area contributed by atoms with Crippen molar-refractivity contribution in [2.45, 2.75) is 45.1 Å². The summed E-state index contributed by atoms with van der Waals surface area (Å²) in [7, 11) is 0. The van der Waals surface area contributed by atoms with Crippen LogP contribution in [0.25, 0.3) is 0 Å². The number of amides is 1. The normalized spacial score (nSPS) is 23.1. The average Bonchev–Trinajstić information content (AvgIpc) is 2.60. The number of likely N-dealkylation sites (tertiary alicyclic amines) is 1. The minimum Gasteiger partial charge on any atom is -0.444 e. The SMILES string of the molecule is CC(C)(C)OC(=O)N1CC[C@H]([C@@H](O)C(F)(F)F)C1. The number of ether oxygens (including phenoxy) is 1. The van der Waals surface area contributed by atoms with Crippen LogP contribution in [0.5, 0.6) is 0 Å². The van der Waals surface area contributed by atoms with E-state index in [-0.39, 0.29) is 19.5 Å². The Balaban J connectivity index is 2.54. The molecule has 18 heavy (non-hydrogen) atoms. The first-order valence-electron chi connectivity index (χ1n) is 5.73. The third-order valence-electron chi connectivity index (χ3n) is 2.66. The van der Waals surface area contributed by atoms with Crippen molar-refractivity contribution in [1.29, 1.82) is 0 Å². The summed E-state index contributed by atoms with van der Waals surface area (Å²) in [4.78, 5) is 12.8. The maximum atomic E-state index is 12.3. The zero-order valence-electron chi connectivity index (χ0n) is 10.6. The van der Waals surface area contributed by atoms with Gasteiger partial charge in [0, 0.05) is 19.0 Å². The summed E-state index contributed by atoms with van der Waals surface area (Å²) < 4.78 is 42.0. The molecule has 1 N–H and O–H groups in total. The number of aliphatic hydroxyl groups excluding tert-OH is 1. The molecule has 0 aromatic carbocycles. The van der Waals surface area contributed by atoms with Crippen LogP contribution in [0.1, 0.15) is 27.2 Å². The van der Waals surface area contributed by atoms with Crippen LogP contribution < -0.4 is 0 Å². The van der Waals surface area contributed by atoms with E-state index in [1.807, 2.05) is 0 Å². The predicted molar refractivity (Wildman–Crippen MR) is 58.0 cm³/mol. The van der Waals surface area contributed by atoms with E-state index in [9.17, 15) is 18.0 Å². The molecule has 0 aromatic heterocycles. The lowest BCUT2D eigenvalue weighted by atomic mass is 10.0. The monoisotopic (exact) mass is 269 g/mol. The summed E-state index contributed by atoms with van der Waals surface area (Å²) in [5.74, 6) is -0.975. The van der Waals surface area contributed by atoms with Crippen LogP contribution in [0.15, 0.2) is 0 Å². The molecule has 0 bridgehead atoms. The quantitative estimate of drug-likeness (QED) is 0.793. The summed E-state index contributed by atoms with van der Waals surface area (Å²) in [5.41, 5.74) is -0.683. The van der Waals surface area contributed by atoms with E-state index >= 15 is 0 Å². The Morgan fingerprint density at radius 3 is 2.39 bits per heavy atom. The zero-order chi connectivity index (χ0) is 14.1. The predicted octanol–water partition coefficient (Wildman–Crippen LogP) is 2.17. The molecule has 106 valence electrons. The summed E-state index contributed by atoms with van der Waals surface area (Å²) in [6.45, 7) is 5.09. The van der Waals surface area contributed by atoms with Crippen LogP contribution in [0.4, 0.5) is 18.0 Å². The standard InChI is InChI=1S/C11H18F3NO3/c1-10(2,3)18-9(17)15-5-4-7(6-15)8(16)11(12,13)14/h7-8,16H,4-6H2,1-3H3/t7-,8+/m0/s1. The molecule has 1 aliphatic rings. The van der Waals surface area contributed by atoms with Gasteiger partial charge in [0.1, 0.15) is 5.60 Å². The van der Waals surface area contributed by atoms with Gasteiger partial charge in [0.15, 0.2) is 6.10 Å². The number of halogens is 3. The van der Waals surface area contributed by atoms with Crippen LogP contribution in [-0.4, -0.2) is 47.1 Å². The Morgan fingerprint density at radius 2 is 1.94 bits per heavy atom. The van der Waals surface area contributed by atoms with Crippen molar-refractivity contribution in [3.63, 3.8) is 0 Å². The molecule has 7 heteroatoms. The molecule has 1 amide bonds. The summed E-state index contributed by atoms with van der Waals surface area (Å²) in [5, 5.41) is 9.11. The zero-order valence-corrected chi connectivity index (χ0v) is 10.6. The number of aliphatic hydroxyl groups is 1. The highest BCUT2D eigenvalue weighted by Gasteiger charge is 2.46. The van der Waals surface area contributed by atoms with Crippen LogP contribution in [0, 0.1) is 5.92 Å². The molecule has 1 aliphatic heterocycles. The van der Waals surface area contributed by atoms with Crippen molar-refractivity contribution in [1.82, 2.24) is 4.90 Å². The first kappa shape index (κ1) is 15.1. The molecule has 0 aromatic rings. The van der Waals surface area contributed by atoms with E-state index in [0.29, 0.717) is 0 Å². The number of hydrogen-bond acceptors (Lipinski definition) is 3. The lowest BCUT2D eigenvalue weighted by Gasteiger charge is -2.25. The van der Waals surface area contributed by atoms with E-state index in [4.69, 9.17) is 9.84 Å². The molecular weight excluding hydrogens is 251 g/mol. The number of carbonyl (C=O) groups excluding carboxylic acids is 1. The number of alkyl halides is 3. The van der Waals surface area contributed by atoms with Crippen molar-refractivity contribution in [2.75, 3.05) is 13.1 Å². The molecule has 0 aliphatic carbocycles. The van der Waals surface area contributed by atoms with Gasteiger partial charge in [-0.2, -0.15) is 13.2 Å². The second-order valence-corrected chi connectivity index (χ2v) is 5.46. The van der Waals surface area contributed by atoms with Gasteiger partial charge in [0.2, 0.25) is 0 Å². The van der Waals surface area contributed by atoms with Crippen LogP contribution in [-0.2, 0) is 4.74 Å². The first-order chi connectivity index (χ1) is 8.00. The van der Waals surface area contributed by atoms with Crippen LogP contribution >= 0.6 is 0 Å². The van der Waals surface area contributed by atoms with Gasteiger partial charge in [-0.15, -0.1) is 0 Å². The Hall–Kier alpha value is -0.980. The van der Waals surface area contributed by atoms with Gasteiger partial charge in [0.25, 0.3) is 0 Å². The molecule has 1 saturated heterocycles. The van der Waals surface area contributed by atoms with Crippen molar-refractivity contribution < 1.29 is 27.8 Å². The Bertz CT molecular complexity index is 312. The van der Waals surface area contributed by atoms with Gasteiger partial charge >= 0.3 is 12.3 Å². The Labute approximate surface area is 104 Å². The van der Waals surface area contributed by atoms with Crippen molar-refractivity contribution in [3.05, 3.63) is 0 Å². The van der Waals surface area contributed by atoms with Gasteiger partial charge in [0.05, 0.1) is 0 Å². The fraction of sp³-hybridized carbons (Fsp3) is 0.909. The number of hydrogen-bond donors (Lipinski definition) is 1. The molecule has 1 fully saturated rings. The maximum Gasteiger partial charge on any atom is 0.414 e. The van der Waals surface area contributed by atoms with E-state index in [1.165, 1.54) is 4.90 Å². The van der Waals surface area contributed by atoms with Gasteiger partial charge in [-0.1, -0.05) is 0 Å². The van der Waals surface area contributed by atoms with Gasteiger partial charge in [-0.05, 0) is 27.2 Å². The summed E-state index contributed by atoms with van der Waals surface area (Å²) in [6.07, 6.45) is -7.54. The van der Waals surface area contributed by atoms with Crippen molar-refractivity contribution in [3.8, 4) is 0 Å². The molecule has 1 rings (SSSR count). The van der Waals surface area contributed by atoms with Gasteiger partial charge in [-0.3, -0.25) is 0 Å². The fourth-order valence-corrected chi connectivity index (χ4v) is 1.80. The second kappa shape index (κ2) is 4.95. The second-order valence-electron chi connectivity index (χ2n) is 5.46. The maximum absolute atomic E-state index is 12.3. The molecular formula is C11H18F3NO3. The topological polar surface area (TPSA) is 49.8 Å². The number of carbonyl (C=O) groups is 1. The molecule has 0 unspecified atom stereocenters. The average molecular weight is 269 g/mol. The molecule has 1 heterocycles. The van der Waals surface area contributed by atoms with Crippen LogP contribution in [0.3, 0.4) is 0 Å². The minimum absolute atomic E-state index is 0.125. The first-order valence-corrected chi connectivity index (χ1v) is 5.73. The van der Waals surface area contributed by atoms with E-state index in [2.05, 4.69) is 0 Å². The van der Waals surface area contributed by atoms with E-state index < -0.39 is 29.9 Å². The highest BCUT2D eigenvalue weighted by molar-refractivity contribution is 5.68. The minimum atomic E-state index is -4.64. The highest BCUT2D eigenvalue weighted by Crippen LogP contribution is 2.31. The van der Waals surface area contributed by atoms with Crippen molar-refractivity contribution >= 4 is 6.09 Å². The Morgan fingerprint density at radius 1 is 1.39 bits per heavy atom. The van der Waals surface area contributed by atoms with Gasteiger partial charge in [-0.25, -0.2) is 4.79 Å². The number of rotatable bonds is 1. The fourth-order valence-electron chi connectivity index (χ4n) is 1.80.